The third kappa shape index (κ3) is 3.57. The van der Waals surface area contributed by atoms with Crippen molar-refractivity contribution in [2.75, 3.05) is 26.3 Å². The molecule has 0 spiro atoms. The van der Waals surface area contributed by atoms with Gasteiger partial charge in [-0.2, -0.15) is 0 Å². The lowest BCUT2D eigenvalue weighted by Gasteiger charge is -2.17. The molecule has 6 nitrogen and oxygen atoms in total. The first-order valence-corrected chi connectivity index (χ1v) is 7.64. The Morgan fingerprint density at radius 1 is 1.45 bits per heavy atom. The van der Waals surface area contributed by atoms with E-state index in [1.165, 1.54) is 0 Å². The van der Waals surface area contributed by atoms with E-state index in [4.69, 9.17) is 9.47 Å². The van der Waals surface area contributed by atoms with Crippen molar-refractivity contribution in [3.63, 3.8) is 0 Å². The first-order chi connectivity index (χ1) is 10.7. The fourth-order valence-electron chi connectivity index (χ4n) is 2.73. The topological polar surface area (TPSA) is 76.7 Å². The Balaban J connectivity index is 1.48. The predicted molar refractivity (Wildman–Crippen MR) is 80.0 cm³/mol. The highest BCUT2D eigenvalue weighted by atomic mass is 16.5. The zero-order chi connectivity index (χ0) is 15.4. The van der Waals surface area contributed by atoms with Crippen LogP contribution in [0.25, 0.3) is 0 Å². The van der Waals surface area contributed by atoms with Gasteiger partial charge in [0.15, 0.2) is 6.61 Å². The second-order valence-corrected chi connectivity index (χ2v) is 5.55. The molecule has 1 fully saturated rings. The normalized spacial score (nSPS) is 20.2. The number of benzene rings is 1. The van der Waals surface area contributed by atoms with E-state index in [2.05, 4.69) is 10.6 Å². The first-order valence-electron chi connectivity index (χ1n) is 7.64. The number of hydrogen-bond acceptors (Lipinski definition) is 4. The minimum absolute atomic E-state index is 0.0301. The van der Waals surface area contributed by atoms with Crippen LogP contribution in [0.4, 0.5) is 0 Å². The molecular formula is C16H20N2O4. The minimum Gasteiger partial charge on any atom is -0.484 e. The summed E-state index contributed by atoms with van der Waals surface area (Å²) in [6.45, 7) is 1.92. The Labute approximate surface area is 129 Å². The van der Waals surface area contributed by atoms with E-state index in [0.29, 0.717) is 24.4 Å². The molecule has 0 saturated carbocycles. The Morgan fingerprint density at radius 2 is 2.36 bits per heavy atom. The summed E-state index contributed by atoms with van der Waals surface area (Å²) in [5.41, 5.74) is 1.64. The van der Waals surface area contributed by atoms with Crippen molar-refractivity contribution in [1.82, 2.24) is 10.6 Å². The molecule has 6 heteroatoms. The molecule has 0 aromatic heterocycles. The lowest BCUT2D eigenvalue weighted by molar-refractivity contribution is -0.123. The second kappa shape index (κ2) is 6.79. The van der Waals surface area contributed by atoms with Gasteiger partial charge in [-0.1, -0.05) is 0 Å². The molecular weight excluding hydrogens is 284 g/mol. The molecule has 0 radical (unpaired) electrons. The largest absolute Gasteiger partial charge is 0.484 e. The lowest BCUT2D eigenvalue weighted by Crippen LogP contribution is -2.35. The molecule has 1 aromatic rings. The number of fused-ring (bicyclic) bond motifs is 1. The summed E-state index contributed by atoms with van der Waals surface area (Å²) < 4.78 is 10.9. The molecule has 2 heterocycles. The zero-order valence-electron chi connectivity index (χ0n) is 12.4. The van der Waals surface area contributed by atoms with E-state index in [1.54, 1.807) is 12.1 Å². The molecule has 1 saturated heterocycles. The number of hydrogen-bond donors (Lipinski definition) is 2. The molecule has 2 N–H and O–H groups in total. The van der Waals surface area contributed by atoms with Gasteiger partial charge < -0.3 is 20.1 Å². The highest BCUT2D eigenvalue weighted by Crippen LogP contribution is 2.20. The highest BCUT2D eigenvalue weighted by molar-refractivity contribution is 5.96. The Bertz CT molecular complexity index is 567. The molecule has 2 amide bonds. The van der Waals surface area contributed by atoms with Crippen molar-refractivity contribution >= 4 is 11.8 Å². The maximum atomic E-state index is 11.8. The third-order valence-corrected chi connectivity index (χ3v) is 3.92. The summed E-state index contributed by atoms with van der Waals surface area (Å²) in [7, 11) is 0. The first kappa shape index (κ1) is 14.8. The number of nitrogens with one attached hydrogen (secondary N) is 2. The van der Waals surface area contributed by atoms with E-state index < -0.39 is 0 Å². The van der Waals surface area contributed by atoms with Crippen molar-refractivity contribution < 1.29 is 19.1 Å². The van der Waals surface area contributed by atoms with Crippen LogP contribution in [0.2, 0.25) is 0 Å². The SMILES string of the molecule is O=C(COc1ccc2c(c1)CCNC2=O)NCC1CCCO1. The second-order valence-electron chi connectivity index (χ2n) is 5.55. The van der Waals surface area contributed by atoms with Crippen LogP contribution in [-0.2, 0) is 16.0 Å². The van der Waals surface area contributed by atoms with Crippen molar-refractivity contribution in [3.05, 3.63) is 29.3 Å². The molecule has 3 rings (SSSR count). The van der Waals surface area contributed by atoms with Crippen LogP contribution in [0, 0.1) is 0 Å². The van der Waals surface area contributed by atoms with Gasteiger partial charge in [0.1, 0.15) is 5.75 Å². The number of carbonyl (C=O) groups is 2. The highest BCUT2D eigenvalue weighted by Gasteiger charge is 2.18. The van der Waals surface area contributed by atoms with Crippen molar-refractivity contribution in [1.29, 1.82) is 0 Å². The van der Waals surface area contributed by atoms with Gasteiger partial charge in [0, 0.05) is 25.3 Å². The van der Waals surface area contributed by atoms with Crippen molar-refractivity contribution in [3.8, 4) is 5.75 Å². The van der Waals surface area contributed by atoms with E-state index in [1.807, 2.05) is 6.07 Å². The van der Waals surface area contributed by atoms with E-state index in [-0.39, 0.29) is 24.5 Å². The zero-order valence-corrected chi connectivity index (χ0v) is 12.4. The smallest absolute Gasteiger partial charge is 0.258 e. The minimum atomic E-state index is -0.161. The maximum Gasteiger partial charge on any atom is 0.258 e. The number of rotatable bonds is 5. The number of amides is 2. The van der Waals surface area contributed by atoms with Crippen LogP contribution in [0.15, 0.2) is 18.2 Å². The van der Waals surface area contributed by atoms with Crippen LogP contribution in [0.1, 0.15) is 28.8 Å². The average Bonchev–Trinajstić information content (AvgIpc) is 3.04. The molecule has 118 valence electrons. The maximum absolute atomic E-state index is 11.8. The fraction of sp³-hybridized carbons (Fsp3) is 0.500. The molecule has 0 bridgehead atoms. The monoisotopic (exact) mass is 304 g/mol. The summed E-state index contributed by atoms with van der Waals surface area (Å²) >= 11 is 0. The van der Waals surface area contributed by atoms with Crippen molar-refractivity contribution in [2.24, 2.45) is 0 Å². The molecule has 22 heavy (non-hydrogen) atoms. The van der Waals surface area contributed by atoms with Crippen LogP contribution < -0.4 is 15.4 Å². The van der Waals surface area contributed by atoms with Gasteiger partial charge in [-0.3, -0.25) is 9.59 Å². The summed E-state index contributed by atoms with van der Waals surface area (Å²) in [6, 6.07) is 5.29. The van der Waals surface area contributed by atoms with Crippen LogP contribution >= 0.6 is 0 Å². The third-order valence-electron chi connectivity index (χ3n) is 3.92. The molecule has 1 unspecified atom stereocenters. The lowest BCUT2D eigenvalue weighted by atomic mass is 10.0. The molecule has 0 aliphatic carbocycles. The number of carbonyl (C=O) groups excluding carboxylic acids is 2. The van der Waals surface area contributed by atoms with Gasteiger partial charge >= 0.3 is 0 Å². The van der Waals surface area contributed by atoms with Gasteiger partial charge in [0.2, 0.25) is 0 Å². The van der Waals surface area contributed by atoms with Gasteiger partial charge in [-0.25, -0.2) is 0 Å². The van der Waals surface area contributed by atoms with Crippen LogP contribution in [0.3, 0.4) is 0 Å². The quantitative estimate of drug-likeness (QED) is 0.837. The summed E-state index contributed by atoms with van der Waals surface area (Å²) in [6.07, 6.45) is 2.96. The molecule has 2 aliphatic heterocycles. The van der Waals surface area contributed by atoms with Gasteiger partial charge in [0.05, 0.1) is 6.10 Å². The predicted octanol–water partition coefficient (Wildman–Crippen LogP) is 0.646. The van der Waals surface area contributed by atoms with E-state index in [9.17, 15) is 9.59 Å². The average molecular weight is 304 g/mol. The molecule has 2 aliphatic rings. The van der Waals surface area contributed by atoms with Crippen LogP contribution in [-0.4, -0.2) is 44.2 Å². The number of ether oxygens (including phenoxy) is 2. The van der Waals surface area contributed by atoms with E-state index in [0.717, 1.165) is 31.4 Å². The summed E-state index contributed by atoms with van der Waals surface area (Å²) in [5, 5.41) is 5.61. The summed E-state index contributed by atoms with van der Waals surface area (Å²) in [5.74, 6) is 0.397. The van der Waals surface area contributed by atoms with Crippen molar-refractivity contribution in [2.45, 2.75) is 25.4 Å². The molecule has 1 aromatic carbocycles. The van der Waals surface area contributed by atoms with E-state index >= 15 is 0 Å². The molecule has 1 atom stereocenters. The Kier molecular flexibility index (Phi) is 4.58. The van der Waals surface area contributed by atoms with Gasteiger partial charge in [-0.05, 0) is 43.0 Å². The fourth-order valence-corrected chi connectivity index (χ4v) is 2.73. The Hall–Kier alpha value is -2.08. The van der Waals surface area contributed by atoms with Gasteiger partial charge in [0.25, 0.3) is 11.8 Å². The van der Waals surface area contributed by atoms with Crippen LogP contribution in [0.5, 0.6) is 5.75 Å². The Morgan fingerprint density at radius 3 is 3.18 bits per heavy atom. The summed E-state index contributed by atoms with van der Waals surface area (Å²) in [4.78, 5) is 23.4. The standard InChI is InChI=1S/C16H20N2O4/c19-15(18-9-13-2-1-7-21-13)10-22-12-3-4-14-11(8-12)5-6-17-16(14)20/h3-4,8,13H,1-2,5-7,9-10H2,(H,17,20)(H,18,19). The van der Waals surface area contributed by atoms with Gasteiger partial charge in [-0.15, -0.1) is 0 Å².